The van der Waals surface area contributed by atoms with Crippen LogP contribution < -0.4 is 9.62 Å². The highest BCUT2D eigenvalue weighted by Gasteiger charge is 2.30. The van der Waals surface area contributed by atoms with Gasteiger partial charge < -0.3 is 5.32 Å². The Morgan fingerprint density at radius 1 is 1.16 bits per heavy atom. The summed E-state index contributed by atoms with van der Waals surface area (Å²) in [5, 5.41) is 2.74. The molecule has 5 nitrogen and oxygen atoms in total. The van der Waals surface area contributed by atoms with Crippen molar-refractivity contribution in [1.29, 1.82) is 0 Å². The molecule has 1 aliphatic rings. The van der Waals surface area contributed by atoms with Gasteiger partial charge in [-0.3, -0.25) is 9.10 Å². The van der Waals surface area contributed by atoms with Crippen molar-refractivity contribution < 1.29 is 17.6 Å². The van der Waals surface area contributed by atoms with Crippen molar-refractivity contribution in [3.05, 3.63) is 57.8 Å². The minimum absolute atomic E-state index is 0.0196. The smallest absolute Gasteiger partial charge is 0.260 e. The zero-order chi connectivity index (χ0) is 18.2. The van der Waals surface area contributed by atoms with Crippen molar-refractivity contribution in [2.75, 3.05) is 21.9 Å². The van der Waals surface area contributed by atoms with Gasteiger partial charge in [0, 0.05) is 12.2 Å². The van der Waals surface area contributed by atoms with E-state index in [-0.39, 0.29) is 32.7 Å². The SMILES string of the molecule is O=C(Nc1ccc(Cl)c(N2CCCS2(=O)=O)c1)c1c(F)cccc1Cl. The molecule has 1 amide bonds. The van der Waals surface area contributed by atoms with Crippen LogP contribution in [0.5, 0.6) is 0 Å². The van der Waals surface area contributed by atoms with Crippen LogP contribution in [0.4, 0.5) is 15.8 Å². The minimum atomic E-state index is -3.42. The number of sulfonamides is 1. The van der Waals surface area contributed by atoms with E-state index in [1.54, 1.807) is 0 Å². The van der Waals surface area contributed by atoms with Gasteiger partial charge >= 0.3 is 0 Å². The second-order valence-electron chi connectivity index (χ2n) is 5.46. The average Bonchev–Trinajstić information content (AvgIpc) is 2.88. The van der Waals surface area contributed by atoms with Crippen LogP contribution in [0.25, 0.3) is 0 Å². The van der Waals surface area contributed by atoms with Gasteiger partial charge in [0.05, 0.1) is 27.0 Å². The monoisotopic (exact) mass is 402 g/mol. The maximum Gasteiger partial charge on any atom is 0.260 e. The van der Waals surface area contributed by atoms with Gasteiger partial charge in [0.25, 0.3) is 5.91 Å². The van der Waals surface area contributed by atoms with E-state index in [1.807, 2.05) is 0 Å². The van der Waals surface area contributed by atoms with Crippen molar-refractivity contribution in [2.24, 2.45) is 0 Å². The molecule has 0 spiro atoms. The van der Waals surface area contributed by atoms with Gasteiger partial charge in [-0.15, -0.1) is 0 Å². The van der Waals surface area contributed by atoms with E-state index in [1.165, 1.54) is 34.6 Å². The lowest BCUT2D eigenvalue weighted by atomic mass is 10.2. The Morgan fingerprint density at radius 2 is 1.92 bits per heavy atom. The first-order chi connectivity index (χ1) is 11.8. The number of hydrogen-bond acceptors (Lipinski definition) is 3. The minimum Gasteiger partial charge on any atom is -0.322 e. The first kappa shape index (κ1) is 18.0. The average molecular weight is 403 g/mol. The highest BCUT2D eigenvalue weighted by Crippen LogP contribution is 2.34. The first-order valence-electron chi connectivity index (χ1n) is 7.35. The molecule has 2 aromatic rings. The third-order valence-electron chi connectivity index (χ3n) is 3.76. The Bertz CT molecular complexity index is 930. The largest absolute Gasteiger partial charge is 0.322 e. The van der Waals surface area contributed by atoms with Crippen LogP contribution >= 0.6 is 23.2 Å². The lowest BCUT2D eigenvalue weighted by Gasteiger charge is -2.19. The van der Waals surface area contributed by atoms with Crippen LogP contribution in [-0.4, -0.2) is 26.6 Å². The van der Waals surface area contributed by atoms with Crippen LogP contribution in [0.1, 0.15) is 16.8 Å². The molecule has 1 fully saturated rings. The van der Waals surface area contributed by atoms with Gasteiger partial charge in [-0.25, -0.2) is 12.8 Å². The van der Waals surface area contributed by atoms with E-state index in [0.29, 0.717) is 13.0 Å². The fraction of sp³-hybridized carbons (Fsp3) is 0.188. The predicted molar refractivity (Wildman–Crippen MR) is 96.6 cm³/mol. The van der Waals surface area contributed by atoms with Crippen LogP contribution in [-0.2, 0) is 10.0 Å². The number of rotatable bonds is 3. The number of carbonyl (C=O) groups is 1. The van der Waals surface area contributed by atoms with E-state index >= 15 is 0 Å². The number of halogens is 3. The number of hydrogen-bond donors (Lipinski definition) is 1. The lowest BCUT2D eigenvalue weighted by molar-refractivity contribution is 0.102. The van der Waals surface area contributed by atoms with Crippen molar-refractivity contribution in [3.63, 3.8) is 0 Å². The summed E-state index contributed by atoms with van der Waals surface area (Å²) >= 11 is 12.0. The van der Waals surface area contributed by atoms with Crippen LogP contribution in [0.15, 0.2) is 36.4 Å². The highest BCUT2D eigenvalue weighted by molar-refractivity contribution is 7.93. The van der Waals surface area contributed by atoms with Crippen LogP contribution in [0, 0.1) is 5.82 Å². The molecule has 1 heterocycles. The molecule has 0 atom stereocenters. The molecule has 132 valence electrons. The molecular weight excluding hydrogens is 390 g/mol. The number of benzene rings is 2. The Labute approximate surface area is 154 Å². The van der Waals surface area contributed by atoms with Crippen LogP contribution in [0.2, 0.25) is 10.0 Å². The third-order valence-corrected chi connectivity index (χ3v) is 6.25. The van der Waals surface area contributed by atoms with Gasteiger partial charge in [-0.2, -0.15) is 0 Å². The Morgan fingerprint density at radius 3 is 2.56 bits per heavy atom. The van der Waals surface area contributed by atoms with Crippen LogP contribution in [0.3, 0.4) is 0 Å². The maximum atomic E-state index is 13.8. The molecular formula is C16H13Cl2FN2O3S. The van der Waals surface area contributed by atoms with E-state index in [9.17, 15) is 17.6 Å². The molecule has 1 N–H and O–H groups in total. The highest BCUT2D eigenvalue weighted by atomic mass is 35.5. The van der Waals surface area contributed by atoms with E-state index in [0.717, 1.165) is 6.07 Å². The number of carbonyl (C=O) groups excluding carboxylic acids is 1. The zero-order valence-corrected chi connectivity index (χ0v) is 15.1. The second-order valence-corrected chi connectivity index (χ2v) is 8.29. The molecule has 2 aromatic carbocycles. The Kier molecular flexibility index (Phi) is 4.90. The maximum absolute atomic E-state index is 13.8. The topological polar surface area (TPSA) is 66.5 Å². The summed E-state index contributed by atoms with van der Waals surface area (Å²) in [6, 6.07) is 8.35. The van der Waals surface area contributed by atoms with E-state index in [4.69, 9.17) is 23.2 Å². The molecule has 1 saturated heterocycles. The summed E-state index contributed by atoms with van der Waals surface area (Å²) < 4.78 is 39.2. The molecule has 0 aliphatic carbocycles. The summed E-state index contributed by atoms with van der Waals surface area (Å²) in [5.74, 6) is -1.44. The standard InChI is InChI=1S/C16H13Cl2FN2O3S/c17-11-6-5-10(9-14(11)21-7-2-8-25(21,23)24)20-16(22)15-12(18)3-1-4-13(15)19/h1,3-6,9H,2,7-8H2,(H,20,22). The molecule has 25 heavy (non-hydrogen) atoms. The summed E-state index contributed by atoms with van der Waals surface area (Å²) in [5.41, 5.74) is 0.275. The molecule has 3 rings (SSSR count). The number of nitrogens with zero attached hydrogens (tertiary/aromatic N) is 1. The van der Waals surface area contributed by atoms with E-state index in [2.05, 4.69) is 5.32 Å². The molecule has 0 bridgehead atoms. The number of amides is 1. The third kappa shape index (κ3) is 3.58. The quantitative estimate of drug-likeness (QED) is 0.845. The fourth-order valence-corrected chi connectivity index (χ4v) is 4.69. The van der Waals surface area contributed by atoms with Gasteiger partial charge in [0.2, 0.25) is 10.0 Å². The second kappa shape index (κ2) is 6.82. The Balaban J connectivity index is 1.92. The fourth-order valence-electron chi connectivity index (χ4n) is 2.60. The zero-order valence-electron chi connectivity index (χ0n) is 12.8. The summed E-state index contributed by atoms with van der Waals surface area (Å²) in [6.45, 7) is 0.318. The molecule has 0 aromatic heterocycles. The van der Waals surface area contributed by atoms with Gasteiger partial charge in [-0.1, -0.05) is 29.3 Å². The molecule has 1 aliphatic heterocycles. The first-order valence-corrected chi connectivity index (χ1v) is 9.71. The number of nitrogens with one attached hydrogen (secondary N) is 1. The van der Waals surface area contributed by atoms with Crippen molar-refractivity contribution in [1.82, 2.24) is 0 Å². The molecule has 0 saturated carbocycles. The Hall–Kier alpha value is -1.83. The molecule has 9 heteroatoms. The van der Waals surface area contributed by atoms with Crippen molar-refractivity contribution >= 4 is 50.5 Å². The predicted octanol–water partition coefficient (Wildman–Crippen LogP) is 3.92. The van der Waals surface area contributed by atoms with Crippen molar-refractivity contribution in [2.45, 2.75) is 6.42 Å². The molecule has 0 unspecified atom stereocenters. The van der Waals surface area contributed by atoms with Gasteiger partial charge in [0.1, 0.15) is 5.82 Å². The summed E-state index contributed by atoms with van der Waals surface area (Å²) in [6.07, 6.45) is 0.500. The van der Waals surface area contributed by atoms with Gasteiger partial charge in [0.15, 0.2) is 0 Å². The summed E-state index contributed by atoms with van der Waals surface area (Å²) in [4.78, 5) is 12.3. The number of anilines is 2. The van der Waals surface area contributed by atoms with Gasteiger partial charge in [-0.05, 0) is 36.8 Å². The normalized spacial score (nSPS) is 16.0. The van der Waals surface area contributed by atoms with E-state index < -0.39 is 21.7 Å². The van der Waals surface area contributed by atoms with Crippen molar-refractivity contribution in [3.8, 4) is 0 Å². The lowest BCUT2D eigenvalue weighted by Crippen LogP contribution is -2.25. The molecule has 0 radical (unpaired) electrons. The summed E-state index contributed by atoms with van der Waals surface area (Å²) in [7, 11) is -3.42.